The molecular formula is C24H21BrN4OS. The van der Waals surface area contributed by atoms with E-state index in [0.29, 0.717) is 6.61 Å². The summed E-state index contributed by atoms with van der Waals surface area (Å²) in [6.07, 6.45) is 1.81. The standard InChI is InChI=1S/C24H21BrN4OS/c1-18-27-28-24(31-17-21-5-3-2-4-6-21)29(18)26-15-19-9-13-23(14-10-19)30-16-20-7-11-22(25)12-8-20/h2-15H,16-17H2,1H3/b26-15+. The van der Waals surface area contributed by atoms with Crippen LogP contribution in [0.3, 0.4) is 0 Å². The van der Waals surface area contributed by atoms with Crippen molar-refractivity contribution in [3.8, 4) is 5.75 Å². The second kappa shape index (κ2) is 10.4. The van der Waals surface area contributed by atoms with Gasteiger partial charge in [-0.25, -0.2) is 0 Å². The zero-order valence-corrected chi connectivity index (χ0v) is 19.4. The molecule has 0 bridgehead atoms. The van der Waals surface area contributed by atoms with E-state index in [-0.39, 0.29) is 0 Å². The normalized spacial score (nSPS) is 11.2. The van der Waals surface area contributed by atoms with Gasteiger partial charge in [0.05, 0.1) is 6.21 Å². The number of rotatable bonds is 8. The minimum Gasteiger partial charge on any atom is -0.489 e. The number of halogens is 1. The molecule has 156 valence electrons. The summed E-state index contributed by atoms with van der Waals surface area (Å²) < 4.78 is 8.69. The lowest BCUT2D eigenvalue weighted by Gasteiger charge is -2.07. The molecule has 0 amide bonds. The van der Waals surface area contributed by atoms with Crippen molar-refractivity contribution < 1.29 is 4.74 Å². The lowest BCUT2D eigenvalue weighted by molar-refractivity contribution is 0.306. The monoisotopic (exact) mass is 492 g/mol. The molecule has 4 aromatic rings. The van der Waals surface area contributed by atoms with Crippen molar-refractivity contribution in [2.75, 3.05) is 0 Å². The number of hydrogen-bond acceptors (Lipinski definition) is 5. The summed E-state index contributed by atoms with van der Waals surface area (Å²) in [5, 5.41) is 13.8. The van der Waals surface area contributed by atoms with E-state index in [1.54, 1.807) is 22.7 Å². The first-order valence-electron chi connectivity index (χ1n) is 9.78. The summed E-state index contributed by atoms with van der Waals surface area (Å²) in [5.74, 6) is 2.39. The Kier molecular flexibility index (Phi) is 7.17. The van der Waals surface area contributed by atoms with Gasteiger partial charge in [-0.1, -0.05) is 70.2 Å². The number of nitrogens with zero attached hydrogens (tertiary/aromatic N) is 4. The van der Waals surface area contributed by atoms with Crippen LogP contribution >= 0.6 is 27.7 Å². The van der Waals surface area contributed by atoms with E-state index in [0.717, 1.165) is 38.1 Å². The third-order valence-corrected chi connectivity index (χ3v) is 6.02. The predicted molar refractivity (Wildman–Crippen MR) is 129 cm³/mol. The van der Waals surface area contributed by atoms with Crippen molar-refractivity contribution in [3.05, 3.63) is 106 Å². The van der Waals surface area contributed by atoms with Gasteiger partial charge in [0, 0.05) is 10.2 Å². The number of ether oxygens (including phenoxy) is 1. The number of thioether (sulfide) groups is 1. The van der Waals surface area contributed by atoms with Crippen LogP contribution in [0.25, 0.3) is 0 Å². The Bertz CT molecular complexity index is 1140. The first kappa shape index (κ1) is 21.3. The van der Waals surface area contributed by atoms with Gasteiger partial charge in [0.25, 0.3) is 0 Å². The number of aromatic nitrogens is 3. The second-order valence-corrected chi connectivity index (χ2v) is 8.70. The number of aryl methyl sites for hydroxylation is 1. The summed E-state index contributed by atoms with van der Waals surface area (Å²) in [4.78, 5) is 0. The summed E-state index contributed by atoms with van der Waals surface area (Å²) in [6, 6.07) is 26.3. The van der Waals surface area contributed by atoms with Gasteiger partial charge < -0.3 is 4.74 Å². The van der Waals surface area contributed by atoms with E-state index in [1.165, 1.54) is 5.56 Å². The fraction of sp³-hybridized carbons (Fsp3) is 0.125. The van der Waals surface area contributed by atoms with Gasteiger partial charge in [0.15, 0.2) is 5.82 Å². The average molecular weight is 493 g/mol. The van der Waals surface area contributed by atoms with Gasteiger partial charge in [-0.2, -0.15) is 9.78 Å². The summed E-state index contributed by atoms with van der Waals surface area (Å²) in [5.41, 5.74) is 3.34. The second-order valence-electron chi connectivity index (χ2n) is 6.84. The first-order chi connectivity index (χ1) is 15.2. The van der Waals surface area contributed by atoms with Crippen molar-refractivity contribution in [2.24, 2.45) is 5.10 Å². The molecule has 0 N–H and O–H groups in total. The number of benzene rings is 3. The van der Waals surface area contributed by atoms with Crippen molar-refractivity contribution in [2.45, 2.75) is 24.4 Å². The van der Waals surface area contributed by atoms with Crippen LogP contribution in [0.4, 0.5) is 0 Å². The van der Waals surface area contributed by atoms with Crippen LogP contribution in [-0.2, 0) is 12.4 Å². The van der Waals surface area contributed by atoms with Crippen LogP contribution in [-0.4, -0.2) is 21.1 Å². The van der Waals surface area contributed by atoms with Crippen LogP contribution in [0, 0.1) is 6.92 Å². The first-order valence-corrected chi connectivity index (χ1v) is 11.6. The largest absolute Gasteiger partial charge is 0.489 e. The Balaban J connectivity index is 1.37. The van der Waals surface area contributed by atoms with Gasteiger partial charge in [-0.15, -0.1) is 10.2 Å². The molecule has 1 aromatic heterocycles. The van der Waals surface area contributed by atoms with E-state index in [9.17, 15) is 0 Å². The highest BCUT2D eigenvalue weighted by Gasteiger charge is 2.08. The SMILES string of the molecule is Cc1nnc(SCc2ccccc2)n1/N=C/c1ccc(OCc2ccc(Br)cc2)cc1. The topological polar surface area (TPSA) is 52.3 Å². The highest BCUT2D eigenvalue weighted by Crippen LogP contribution is 2.22. The third kappa shape index (κ3) is 6.06. The van der Waals surface area contributed by atoms with Crippen LogP contribution in [0.5, 0.6) is 5.75 Å². The molecule has 0 saturated carbocycles. The maximum Gasteiger partial charge on any atom is 0.212 e. The van der Waals surface area contributed by atoms with E-state index >= 15 is 0 Å². The molecule has 7 heteroatoms. The molecular weight excluding hydrogens is 472 g/mol. The summed E-state index contributed by atoms with van der Waals surface area (Å²) in [6.45, 7) is 2.43. The molecule has 0 atom stereocenters. The minimum absolute atomic E-state index is 0.530. The van der Waals surface area contributed by atoms with E-state index in [2.05, 4.69) is 43.4 Å². The third-order valence-electron chi connectivity index (χ3n) is 4.50. The Morgan fingerprint density at radius 1 is 0.935 bits per heavy atom. The lowest BCUT2D eigenvalue weighted by atomic mass is 10.2. The van der Waals surface area contributed by atoms with Gasteiger partial charge in [0.1, 0.15) is 12.4 Å². The Labute approximate surface area is 194 Å². The van der Waals surface area contributed by atoms with Crippen LogP contribution in [0.15, 0.2) is 93.6 Å². The molecule has 0 radical (unpaired) electrons. The van der Waals surface area contributed by atoms with Crippen LogP contribution in [0.2, 0.25) is 0 Å². The molecule has 0 spiro atoms. The highest BCUT2D eigenvalue weighted by molar-refractivity contribution is 9.10. The van der Waals surface area contributed by atoms with Gasteiger partial charge in [-0.05, 0) is 60.0 Å². The molecule has 3 aromatic carbocycles. The Morgan fingerprint density at radius 3 is 2.42 bits per heavy atom. The zero-order valence-electron chi connectivity index (χ0n) is 17.0. The smallest absolute Gasteiger partial charge is 0.212 e. The molecule has 1 heterocycles. The van der Waals surface area contributed by atoms with Crippen molar-refractivity contribution >= 4 is 33.9 Å². The molecule has 0 aliphatic heterocycles. The fourth-order valence-corrected chi connectivity index (χ4v) is 3.96. The molecule has 0 fully saturated rings. The van der Waals surface area contributed by atoms with Crippen molar-refractivity contribution in [1.29, 1.82) is 0 Å². The van der Waals surface area contributed by atoms with Gasteiger partial charge >= 0.3 is 0 Å². The van der Waals surface area contributed by atoms with E-state index < -0.39 is 0 Å². The minimum atomic E-state index is 0.530. The summed E-state index contributed by atoms with van der Waals surface area (Å²) >= 11 is 5.06. The molecule has 0 aliphatic rings. The predicted octanol–water partition coefficient (Wildman–Crippen LogP) is 6.10. The van der Waals surface area contributed by atoms with Gasteiger partial charge in [0.2, 0.25) is 5.16 Å². The van der Waals surface area contributed by atoms with E-state index in [4.69, 9.17) is 4.74 Å². The molecule has 31 heavy (non-hydrogen) atoms. The average Bonchev–Trinajstić information content (AvgIpc) is 3.16. The van der Waals surface area contributed by atoms with Gasteiger partial charge in [-0.3, -0.25) is 0 Å². The molecule has 0 unspecified atom stereocenters. The lowest BCUT2D eigenvalue weighted by Crippen LogP contribution is -1.97. The Hall–Kier alpha value is -2.90. The van der Waals surface area contributed by atoms with E-state index in [1.807, 2.05) is 73.7 Å². The fourth-order valence-electron chi connectivity index (χ4n) is 2.81. The Morgan fingerprint density at radius 2 is 1.68 bits per heavy atom. The highest BCUT2D eigenvalue weighted by atomic mass is 79.9. The maximum absolute atomic E-state index is 5.86. The van der Waals surface area contributed by atoms with Crippen molar-refractivity contribution in [1.82, 2.24) is 14.9 Å². The number of hydrogen-bond donors (Lipinski definition) is 0. The quantitative estimate of drug-likeness (QED) is 0.220. The van der Waals surface area contributed by atoms with Crippen LogP contribution < -0.4 is 4.74 Å². The summed E-state index contributed by atoms with van der Waals surface area (Å²) in [7, 11) is 0. The molecule has 0 aliphatic carbocycles. The van der Waals surface area contributed by atoms with Crippen molar-refractivity contribution in [3.63, 3.8) is 0 Å². The maximum atomic E-state index is 5.86. The molecule has 0 saturated heterocycles. The van der Waals surface area contributed by atoms with Crippen LogP contribution in [0.1, 0.15) is 22.5 Å². The molecule has 5 nitrogen and oxygen atoms in total. The zero-order chi connectivity index (χ0) is 21.5. The molecule has 4 rings (SSSR count).